The van der Waals surface area contributed by atoms with Crippen LogP contribution in [0.15, 0.2) is 218 Å². The van der Waals surface area contributed by atoms with E-state index < -0.39 is 0 Å². The first-order valence-corrected chi connectivity index (χ1v) is 20.0. The third-order valence-electron chi connectivity index (χ3n) is 12.0. The molecular weight excluding hydrogens is 687 g/mol. The second kappa shape index (κ2) is 13.9. The molecule has 0 spiro atoms. The van der Waals surface area contributed by atoms with E-state index in [1.807, 2.05) is 0 Å². The molecule has 0 fully saturated rings. The first-order chi connectivity index (χ1) is 28.3. The number of benzene rings is 8. The zero-order valence-electron chi connectivity index (χ0n) is 31.5. The smallest absolute Gasteiger partial charge is 0.252 e. The summed E-state index contributed by atoms with van der Waals surface area (Å²) < 4.78 is 0. The van der Waals surface area contributed by atoms with Crippen LogP contribution in [0, 0.1) is 0 Å². The van der Waals surface area contributed by atoms with Gasteiger partial charge in [-0.2, -0.15) is 0 Å². The van der Waals surface area contributed by atoms with Crippen molar-refractivity contribution in [2.24, 2.45) is 0 Å². The van der Waals surface area contributed by atoms with E-state index in [4.69, 9.17) is 0 Å². The van der Waals surface area contributed by atoms with E-state index in [0.29, 0.717) is 0 Å². The molecule has 1 unspecified atom stereocenters. The van der Waals surface area contributed by atoms with Crippen molar-refractivity contribution in [1.82, 2.24) is 0 Å². The Balaban J connectivity index is 1.13. The Kier molecular flexibility index (Phi) is 8.10. The molecule has 0 bridgehead atoms. The maximum absolute atomic E-state index is 2.62. The molecule has 3 heteroatoms. The van der Waals surface area contributed by atoms with Gasteiger partial charge in [-0.1, -0.05) is 182 Å². The van der Waals surface area contributed by atoms with Crippen molar-refractivity contribution in [3.05, 3.63) is 224 Å². The number of allylic oxidation sites excluding steroid dienone is 2. The standard InChI is InChI=1S/C54H39BN2/c1-5-14-38(15-6-1)42-24-30-46(31-25-42)56-50-34-28-44(40-18-9-3-10-19-40)36-48(50)55-49-37-45(41-20-11-4-12-21-41)29-35-51(49)57(53-23-13-22-52(56)54(53)55)47-32-26-43(27-33-47)39-16-7-2-8-17-39/h1-32,34-37,47H,33H2. The van der Waals surface area contributed by atoms with Gasteiger partial charge in [0.1, 0.15) is 0 Å². The molecule has 0 saturated heterocycles. The van der Waals surface area contributed by atoms with Crippen LogP contribution < -0.4 is 26.2 Å². The molecule has 0 aromatic heterocycles. The topological polar surface area (TPSA) is 6.48 Å². The Morgan fingerprint density at radius 1 is 0.404 bits per heavy atom. The molecule has 2 heterocycles. The van der Waals surface area contributed by atoms with Crippen LogP contribution in [0.3, 0.4) is 0 Å². The Labute approximate surface area is 335 Å². The average Bonchev–Trinajstić information content (AvgIpc) is 3.30. The van der Waals surface area contributed by atoms with E-state index in [0.717, 1.165) is 12.1 Å². The van der Waals surface area contributed by atoms with Gasteiger partial charge in [0.05, 0.1) is 6.04 Å². The predicted octanol–water partition coefficient (Wildman–Crippen LogP) is 11.9. The van der Waals surface area contributed by atoms with Crippen molar-refractivity contribution in [1.29, 1.82) is 0 Å². The molecule has 268 valence electrons. The SMILES string of the molecule is C1=CC(N2c3ccc(-c4ccccc4)cc3B3c4cc(-c5ccccc5)ccc4N(c4ccc(-c5ccccc5)cc4)c4cccc2c43)CC=C1c1ccccc1. The molecule has 57 heavy (non-hydrogen) atoms. The van der Waals surface area contributed by atoms with Gasteiger partial charge in [-0.05, 0) is 104 Å². The minimum atomic E-state index is 0.0348. The molecule has 1 aliphatic carbocycles. The van der Waals surface area contributed by atoms with Gasteiger partial charge in [0.15, 0.2) is 0 Å². The molecule has 0 radical (unpaired) electrons. The van der Waals surface area contributed by atoms with Gasteiger partial charge in [0, 0.05) is 28.4 Å². The summed E-state index contributed by atoms with van der Waals surface area (Å²) in [5.41, 5.74) is 20.0. The lowest BCUT2D eigenvalue weighted by molar-refractivity contribution is 0.789. The van der Waals surface area contributed by atoms with Gasteiger partial charge in [0.2, 0.25) is 0 Å². The van der Waals surface area contributed by atoms with Gasteiger partial charge in [-0.25, -0.2) is 0 Å². The van der Waals surface area contributed by atoms with Crippen molar-refractivity contribution in [3.63, 3.8) is 0 Å². The number of nitrogens with zero attached hydrogens (tertiary/aromatic N) is 2. The van der Waals surface area contributed by atoms with E-state index in [1.165, 1.54) is 83.7 Å². The minimum absolute atomic E-state index is 0.0348. The van der Waals surface area contributed by atoms with Crippen LogP contribution in [0.4, 0.5) is 28.4 Å². The van der Waals surface area contributed by atoms with E-state index in [-0.39, 0.29) is 12.8 Å². The summed E-state index contributed by atoms with van der Waals surface area (Å²) >= 11 is 0. The lowest BCUT2D eigenvalue weighted by atomic mass is 9.33. The molecule has 0 amide bonds. The fraction of sp³-hybridized carbons (Fsp3) is 0.0370. The molecule has 0 N–H and O–H groups in total. The van der Waals surface area contributed by atoms with Crippen molar-refractivity contribution in [2.75, 3.05) is 9.80 Å². The minimum Gasteiger partial charge on any atom is -0.335 e. The van der Waals surface area contributed by atoms with Crippen molar-refractivity contribution < 1.29 is 0 Å². The van der Waals surface area contributed by atoms with Crippen molar-refractivity contribution in [2.45, 2.75) is 12.5 Å². The first kappa shape index (κ1) is 33.3. The summed E-state index contributed by atoms with van der Waals surface area (Å²) in [5, 5.41) is 0. The number of rotatable bonds is 6. The summed E-state index contributed by atoms with van der Waals surface area (Å²) in [5.74, 6) is 0. The molecule has 8 aromatic carbocycles. The highest BCUT2D eigenvalue weighted by molar-refractivity contribution is 7.00. The lowest BCUT2D eigenvalue weighted by Crippen LogP contribution is -2.62. The zero-order valence-corrected chi connectivity index (χ0v) is 31.5. The molecule has 11 rings (SSSR count). The number of hydrogen-bond donors (Lipinski definition) is 0. The van der Waals surface area contributed by atoms with E-state index in [2.05, 4.69) is 228 Å². The zero-order chi connectivity index (χ0) is 37.7. The van der Waals surface area contributed by atoms with E-state index >= 15 is 0 Å². The first-order valence-electron chi connectivity index (χ1n) is 20.0. The quantitative estimate of drug-likeness (QED) is 0.157. The Bertz CT molecular complexity index is 2810. The fourth-order valence-corrected chi connectivity index (χ4v) is 9.31. The number of anilines is 5. The third-order valence-corrected chi connectivity index (χ3v) is 12.0. The molecule has 3 aliphatic rings. The Morgan fingerprint density at radius 3 is 1.47 bits per heavy atom. The van der Waals surface area contributed by atoms with E-state index in [9.17, 15) is 0 Å². The summed E-state index contributed by atoms with van der Waals surface area (Å²) in [6.07, 6.45) is 8.07. The average molecular weight is 727 g/mol. The van der Waals surface area contributed by atoms with Gasteiger partial charge >= 0.3 is 0 Å². The van der Waals surface area contributed by atoms with Gasteiger partial charge in [-0.3, -0.25) is 0 Å². The third kappa shape index (κ3) is 5.74. The normalized spacial score (nSPS) is 15.1. The number of hydrogen-bond acceptors (Lipinski definition) is 2. The van der Waals surface area contributed by atoms with Crippen LogP contribution in [-0.2, 0) is 0 Å². The number of fused-ring (bicyclic) bond motifs is 4. The van der Waals surface area contributed by atoms with Crippen molar-refractivity contribution >= 4 is 57.1 Å². The monoisotopic (exact) mass is 726 g/mol. The predicted molar refractivity (Wildman–Crippen MR) is 243 cm³/mol. The Morgan fingerprint density at radius 2 is 0.895 bits per heavy atom. The second-order valence-electron chi connectivity index (χ2n) is 15.2. The van der Waals surface area contributed by atoms with Gasteiger partial charge in [0.25, 0.3) is 6.71 Å². The van der Waals surface area contributed by atoms with Crippen LogP contribution in [0.1, 0.15) is 12.0 Å². The molecule has 8 aromatic rings. The lowest BCUT2D eigenvalue weighted by Gasteiger charge is -2.46. The summed E-state index contributed by atoms with van der Waals surface area (Å²) in [4.78, 5) is 5.12. The van der Waals surface area contributed by atoms with Crippen LogP contribution in [0.5, 0.6) is 0 Å². The van der Waals surface area contributed by atoms with E-state index in [1.54, 1.807) is 0 Å². The molecule has 1 atom stereocenters. The Hall–Kier alpha value is -7.10. The van der Waals surface area contributed by atoms with Crippen LogP contribution in [0.2, 0.25) is 0 Å². The maximum Gasteiger partial charge on any atom is 0.252 e. The van der Waals surface area contributed by atoms with Crippen LogP contribution in [-0.4, -0.2) is 12.8 Å². The van der Waals surface area contributed by atoms with Gasteiger partial charge < -0.3 is 9.80 Å². The summed E-state index contributed by atoms with van der Waals surface area (Å²) in [6, 6.07) is 73.6. The largest absolute Gasteiger partial charge is 0.335 e. The molecule has 2 nitrogen and oxygen atoms in total. The van der Waals surface area contributed by atoms with Crippen LogP contribution >= 0.6 is 0 Å². The molecule has 0 saturated carbocycles. The van der Waals surface area contributed by atoms with Crippen molar-refractivity contribution in [3.8, 4) is 33.4 Å². The second-order valence-corrected chi connectivity index (χ2v) is 15.2. The summed E-state index contributed by atoms with van der Waals surface area (Å²) in [7, 11) is 0. The van der Waals surface area contributed by atoms with Gasteiger partial charge in [-0.15, -0.1) is 0 Å². The maximum atomic E-state index is 2.62. The highest BCUT2D eigenvalue weighted by atomic mass is 15.2. The fourth-order valence-electron chi connectivity index (χ4n) is 9.31. The highest BCUT2D eigenvalue weighted by Gasteiger charge is 2.44. The molecular formula is C54H39BN2. The summed E-state index contributed by atoms with van der Waals surface area (Å²) in [6.45, 7) is 0.0348. The van der Waals surface area contributed by atoms with Crippen LogP contribution in [0.25, 0.3) is 39.0 Å². The highest BCUT2D eigenvalue weighted by Crippen LogP contribution is 2.44. The molecule has 2 aliphatic heterocycles.